The Morgan fingerprint density at radius 3 is 2.64 bits per heavy atom. The van der Waals surface area contributed by atoms with E-state index in [1.165, 1.54) is 0 Å². The van der Waals surface area contributed by atoms with Crippen molar-refractivity contribution in [3.8, 4) is 0 Å². The molecule has 1 heterocycles. The van der Waals surface area contributed by atoms with E-state index < -0.39 is 11.1 Å². The molecule has 0 aliphatic rings. The maximum Gasteiger partial charge on any atom is 0.207 e. The Morgan fingerprint density at radius 2 is 2.36 bits per heavy atom. The molecule has 1 N–H and O–H groups in total. The van der Waals surface area contributed by atoms with Gasteiger partial charge in [-0.15, -0.1) is 0 Å². The molecule has 0 saturated carbocycles. The largest absolute Gasteiger partial charge is 0.334 e. The van der Waals surface area contributed by atoms with E-state index in [1.54, 1.807) is 17.1 Å². The summed E-state index contributed by atoms with van der Waals surface area (Å²) in [4.78, 5) is 3.75. The predicted octanol–water partition coefficient (Wildman–Crippen LogP) is 1.04. The van der Waals surface area contributed by atoms with Crippen molar-refractivity contribution < 1.29 is 8.76 Å². The van der Waals surface area contributed by atoms with Crippen molar-refractivity contribution in [3.05, 3.63) is 12.5 Å². The number of nitrogens with zero attached hydrogens (tertiary/aromatic N) is 2. The van der Waals surface area contributed by atoms with Gasteiger partial charge in [0.1, 0.15) is 0 Å². The Bertz CT molecular complexity index is 269. The molecule has 1 atom stereocenters. The second kappa shape index (κ2) is 3.15. The number of imidazole rings is 1. The van der Waals surface area contributed by atoms with E-state index in [4.69, 9.17) is 4.55 Å². The van der Waals surface area contributed by atoms with E-state index in [0.717, 1.165) is 0 Å². The number of hydrogen-bond donors (Lipinski definition) is 1. The molecule has 0 bridgehead atoms. The number of rotatable bonds is 2. The summed E-state index contributed by atoms with van der Waals surface area (Å²) in [6.07, 6.45) is 3.12. The summed E-state index contributed by atoms with van der Waals surface area (Å²) >= 11 is -1.96. The molecule has 0 spiro atoms. The van der Waals surface area contributed by atoms with Crippen molar-refractivity contribution in [2.24, 2.45) is 0 Å². The van der Waals surface area contributed by atoms with Crippen molar-refractivity contribution in [1.82, 2.24) is 9.55 Å². The van der Waals surface area contributed by atoms with Gasteiger partial charge in [-0.05, 0) is 13.8 Å². The van der Waals surface area contributed by atoms with Crippen LogP contribution in [0.2, 0.25) is 0 Å². The summed E-state index contributed by atoms with van der Waals surface area (Å²) in [5.74, 6) is 0. The molecule has 1 unspecified atom stereocenters. The maximum absolute atomic E-state index is 10.5. The lowest BCUT2D eigenvalue weighted by Gasteiger charge is -2.02. The molecule has 0 fully saturated rings. The number of aromatic nitrogens is 2. The molecular weight excluding hydrogens is 164 g/mol. The van der Waals surface area contributed by atoms with Crippen LogP contribution in [0.15, 0.2) is 17.6 Å². The van der Waals surface area contributed by atoms with Crippen molar-refractivity contribution >= 4 is 11.1 Å². The highest BCUT2D eigenvalue weighted by Gasteiger charge is 2.04. The molecule has 0 aliphatic carbocycles. The fourth-order valence-electron chi connectivity index (χ4n) is 0.690. The first-order chi connectivity index (χ1) is 5.11. The standard InChI is InChI=1S/C6H10N2O2S/c1-5(2)8-3-6(7-4-8)11(9)10/h3-5H,1-2H3,(H,9,10). The SMILES string of the molecule is CC(C)n1cnc(S(=O)O)c1. The molecule has 1 aromatic rings. The Hall–Kier alpha value is -0.680. The fourth-order valence-corrected chi connectivity index (χ4v) is 1.04. The minimum atomic E-state index is -1.96. The van der Waals surface area contributed by atoms with Crippen LogP contribution in [-0.4, -0.2) is 18.3 Å². The van der Waals surface area contributed by atoms with E-state index in [0.29, 0.717) is 0 Å². The average Bonchev–Trinajstić information content (AvgIpc) is 2.33. The molecule has 0 aromatic carbocycles. The van der Waals surface area contributed by atoms with E-state index >= 15 is 0 Å². The zero-order valence-electron chi connectivity index (χ0n) is 6.39. The molecule has 0 saturated heterocycles. The van der Waals surface area contributed by atoms with Gasteiger partial charge in [0, 0.05) is 12.2 Å². The Balaban J connectivity index is 2.90. The maximum atomic E-state index is 10.5. The van der Waals surface area contributed by atoms with Crippen LogP contribution in [0.3, 0.4) is 0 Å². The smallest absolute Gasteiger partial charge is 0.207 e. The van der Waals surface area contributed by atoms with Gasteiger partial charge in [-0.3, -0.25) is 0 Å². The summed E-state index contributed by atoms with van der Waals surface area (Å²) in [5.41, 5.74) is 0. The van der Waals surface area contributed by atoms with Crippen LogP contribution in [0.25, 0.3) is 0 Å². The summed E-state index contributed by atoms with van der Waals surface area (Å²) in [5, 5.41) is 0.207. The van der Waals surface area contributed by atoms with Crippen LogP contribution < -0.4 is 0 Å². The lowest BCUT2D eigenvalue weighted by atomic mass is 10.4. The van der Waals surface area contributed by atoms with Crippen LogP contribution in [-0.2, 0) is 11.1 Å². The zero-order chi connectivity index (χ0) is 8.43. The third kappa shape index (κ3) is 1.87. The molecule has 11 heavy (non-hydrogen) atoms. The van der Waals surface area contributed by atoms with E-state index in [1.807, 2.05) is 13.8 Å². The van der Waals surface area contributed by atoms with Crippen molar-refractivity contribution in [3.63, 3.8) is 0 Å². The molecule has 62 valence electrons. The van der Waals surface area contributed by atoms with Gasteiger partial charge in [-0.25, -0.2) is 9.19 Å². The first-order valence-electron chi connectivity index (χ1n) is 3.25. The van der Waals surface area contributed by atoms with Gasteiger partial charge in [0.15, 0.2) is 5.03 Å². The molecule has 1 rings (SSSR count). The fraction of sp³-hybridized carbons (Fsp3) is 0.500. The minimum Gasteiger partial charge on any atom is -0.334 e. The van der Waals surface area contributed by atoms with Crippen LogP contribution >= 0.6 is 0 Å². The predicted molar refractivity (Wildman–Crippen MR) is 41.6 cm³/mol. The average molecular weight is 174 g/mol. The zero-order valence-corrected chi connectivity index (χ0v) is 7.21. The Morgan fingerprint density at radius 1 is 1.73 bits per heavy atom. The summed E-state index contributed by atoms with van der Waals surface area (Å²) in [6.45, 7) is 3.96. The molecule has 5 heteroatoms. The summed E-state index contributed by atoms with van der Waals surface area (Å²) in [6, 6.07) is 0.278. The molecule has 0 aliphatic heterocycles. The van der Waals surface area contributed by atoms with E-state index in [-0.39, 0.29) is 11.1 Å². The molecule has 0 radical (unpaired) electrons. The lowest BCUT2D eigenvalue weighted by molar-refractivity contribution is 0.560. The first kappa shape index (κ1) is 8.42. The van der Waals surface area contributed by atoms with Crippen LogP contribution in [0.4, 0.5) is 0 Å². The highest BCUT2D eigenvalue weighted by molar-refractivity contribution is 7.79. The second-order valence-corrected chi connectivity index (χ2v) is 3.42. The quantitative estimate of drug-likeness (QED) is 0.682. The highest BCUT2D eigenvalue weighted by atomic mass is 32.2. The monoisotopic (exact) mass is 174 g/mol. The Kier molecular flexibility index (Phi) is 2.41. The van der Waals surface area contributed by atoms with Crippen molar-refractivity contribution in [2.45, 2.75) is 24.9 Å². The first-order valence-corrected chi connectivity index (χ1v) is 4.36. The number of hydrogen-bond acceptors (Lipinski definition) is 2. The van der Waals surface area contributed by atoms with Crippen molar-refractivity contribution in [1.29, 1.82) is 0 Å². The Labute approximate surface area is 67.5 Å². The van der Waals surface area contributed by atoms with Crippen LogP contribution in [0.1, 0.15) is 19.9 Å². The van der Waals surface area contributed by atoms with E-state index in [9.17, 15) is 4.21 Å². The second-order valence-electron chi connectivity index (χ2n) is 2.50. The molecular formula is C6H10N2O2S. The highest BCUT2D eigenvalue weighted by Crippen LogP contribution is 2.06. The van der Waals surface area contributed by atoms with Gasteiger partial charge in [0.2, 0.25) is 11.1 Å². The van der Waals surface area contributed by atoms with Gasteiger partial charge in [-0.1, -0.05) is 0 Å². The van der Waals surface area contributed by atoms with Gasteiger partial charge >= 0.3 is 0 Å². The summed E-state index contributed by atoms with van der Waals surface area (Å²) in [7, 11) is 0. The molecule has 1 aromatic heterocycles. The molecule has 4 nitrogen and oxygen atoms in total. The minimum absolute atomic E-state index is 0.207. The molecule has 0 amide bonds. The van der Waals surface area contributed by atoms with Gasteiger partial charge < -0.3 is 9.12 Å². The van der Waals surface area contributed by atoms with E-state index in [2.05, 4.69) is 4.98 Å². The normalized spacial score (nSPS) is 13.8. The van der Waals surface area contributed by atoms with Gasteiger partial charge in [0.25, 0.3) is 0 Å². The van der Waals surface area contributed by atoms with Crippen LogP contribution in [0, 0.1) is 0 Å². The van der Waals surface area contributed by atoms with Crippen molar-refractivity contribution in [2.75, 3.05) is 0 Å². The summed E-state index contributed by atoms with van der Waals surface area (Å²) < 4.78 is 20.9. The van der Waals surface area contributed by atoms with Gasteiger partial charge in [-0.2, -0.15) is 0 Å². The third-order valence-corrected chi connectivity index (χ3v) is 1.92. The lowest BCUT2D eigenvalue weighted by Crippen LogP contribution is -1.96. The topological polar surface area (TPSA) is 55.1 Å². The van der Waals surface area contributed by atoms with Gasteiger partial charge in [0.05, 0.1) is 6.33 Å². The van der Waals surface area contributed by atoms with Crippen LogP contribution in [0.5, 0.6) is 0 Å². The third-order valence-electron chi connectivity index (χ3n) is 1.35.